The lowest BCUT2D eigenvalue weighted by molar-refractivity contribution is 0.0115. The summed E-state index contributed by atoms with van der Waals surface area (Å²) in [5, 5.41) is 9.72. The molecule has 1 heterocycles. The number of carboxylic acids is 1. The number of aromatic carboxylic acids is 1. The van der Waals surface area contributed by atoms with Gasteiger partial charge in [0.25, 0.3) is 0 Å². The van der Waals surface area contributed by atoms with Crippen LogP contribution < -0.4 is 4.74 Å². The molecule has 2 atom stereocenters. The number of benzene rings is 1. The molecule has 0 saturated carbocycles. The molecule has 1 aromatic carbocycles. The number of aryl methyl sites for hydroxylation is 1. The first-order valence-electron chi connectivity index (χ1n) is 9.60. The van der Waals surface area contributed by atoms with Crippen LogP contribution in [0.4, 0.5) is 0 Å². The van der Waals surface area contributed by atoms with E-state index >= 15 is 0 Å². The zero-order valence-corrected chi connectivity index (χ0v) is 15.9. The number of fused-ring (bicyclic) bond motifs is 3. The minimum atomic E-state index is -0.827. The SMILES string of the molecule is CCCCCc1cc2c(cc1C(=O)O)C1C=C(C)CC[C@H]1C(C)(C)O2. The lowest BCUT2D eigenvalue weighted by Gasteiger charge is -2.46. The second kappa shape index (κ2) is 6.86. The molecule has 3 nitrogen and oxygen atoms in total. The number of carboxylic acid groups (broad SMARTS) is 1. The normalized spacial score (nSPS) is 23.9. The molecule has 1 unspecified atom stereocenters. The van der Waals surface area contributed by atoms with E-state index in [-0.39, 0.29) is 11.5 Å². The van der Waals surface area contributed by atoms with E-state index in [0.717, 1.165) is 55.4 Å². The molecule has 3 rings (SSSR count). The molecule has 0 spiro atoms. The van der Waals surface area contributed by atoms with Crippen LogP contribution in [0.5, 0.6) is 5.75 Å². The summed E-state index contributed by atoms with van der Waals surface area (Å²) in [5.41, 5.74) is 3.59. The van der Waals surface area contributed by atoms with Crippen LogP contribution in [-0.4, -0.2) is 16.7 Å². The second-order valence-corrected chi connectivity index (χ2v) is 8.20. The van der Waals surface area contributed by atoms with Gasteiger partial charge in [0.05, 0.1) is 5.56 Å². The molecule has 0 saturated heterocycles. The summed E-state index contributed by atoms with van der Waals surface area (Å²) in [4.78, 5) is 11.8. The molecule has 1 aliphatic carbocycles. The van der Waals surface area contributed by atoms with Crippen LogP contribution in [0.1, 0.15) is 87.2 Å². The Balaban J connectivity index is 2.07. The lowest BCUT2D eigenvalue weighted by Crippen LogP contribution is -2.45. The Hall–Kier alpha value is -1.77. The quantitative estimate of drug-likeness (QED) is 0.549. The topological polar surface area (TPSA) is 46.5 Å². The fourth-order valence-corrected chi connectivity index (χ4v) is 4.47. The van der Waals surface area contributed by atoms with Gasteiger partial charge in [-0.2, -0.15) is 0 Å². The van der Waals surface area contributed by atoms with E-state index in [1.54, 1.807) is 0 Å². The molecule has 1 aliphatic heterocycles. The Labute approximate surface area is 151 Å². The van der Waals surface area contributed by atoms with Crippen LogP contribution in [0.3, 0.4) is 0 Å². The van der Waals surface area contributed by atoms with Crippen LogP contribution in [0.2, 0.25) is 0 Å². The maximum atomic E-state index is 11.8. The third-order valence-electron chi connectivity index (χ3n) is 5.89. The van der Waals surface area contributed by atoms with Crippen molar-refractivity contribution in [2.45, 2.75) is 77.7 Å². The number of allylic oxidation sites excluding steroid dienone is 2. The fourth-order valence-electron chi connectivity index (χ4n) is 4.47. The minimum Gasteiger partial charge on any atom is -0.487 e. The average molecular weight is 342 g/mol. The van der Waals surface area contributed by atoms with E-state index in [4.69, 9.17) is 4.74 Å². The highest BCUT2D eigenvalue weighted by Gasteiger charge is 2.44. The minimum absolute atomic E-state index is 0.222. The van der Waals surface area contributed by atoms with Gasteiger partial charge in [0, 0.05) is 17.4 Å². The predicted molar refractivity (Wildman–Crippen MR) is 101 cm³/mol. The number of hydrogen-bond donors (Lipinski definition) is 1. The second-order valence-electron chi connectivity index (χ2n) is 8.20. The van der Waals surface area contributed by atoms with Crippen LogP contribution in [-0.2, 0) is 6.42 Å². The van der Waals surface area contributed by atoms with Crippen molar-refractivity contribution in [3.8, 4) is 5.75 Å². The summed E-state index contributed by atoms with van der Waals surface area (Å²) >= 11 is 0. The summed E-state index contributed by atoms with van der Waals surface area (Å²) in [6, 6.07) is 3.89. The molecule has 0 aromatic heterocycles. The van der Waals surface area contributed by atoms with Crippen molar-refractivity contribution in [1.29, 1.82) is 0 Å². The molecule has 0 amide bonds. The Bertz CT molecular complexity index is 699. The molecule has 25 heavy (non-hydrogen) atoms. The molecule has 1 N–H and O–H groups in total. The Morgan fingerprint density at radius 3 is 2.76 bits per heavy atom. The maximum Gasteiger partial charge on any atom is 0.335 e. The van der Waals surface area contributed by atoms with Gasteiger partial charge in [0.15, 0.2) is 0 Å². The molecule has 2 aliphatic rings. The summed E-state index contributed by atoms with van der Waals surface area (Å²) in [6.07, 6.45) is 8.60. The van der Waals surface area contributed by atoms with Crippen molar-refractivity contribution in [3.05, 3.63) is 40.5 Å². The van der Waals surface area contributed by atoms with E-state index in [1.807, 2.05) is 12.1 Å². The number of hydrogen-bond acceptors (Lipinski definition) is 2. The van der Waals surface area contributed by atoms with Crippen molar-refractivity contribution < 1.29 is 14.6 Å². The van der Waals surface area contributed by atoms with Crippen LogP contribution in [0, 0.1) is 5.92 Å². The molecular formula is C22H30O3. The molecular weight excluding hydrogens is 312 g/mol. The standard InChI is InChI=1S/C22H30O3/c1-5-6-7-8-15-12-20-18(13-16(15)21(23)24)17-11-14(2)9-10-19(17)22(3,4)25-20/h11-13,17,19H,5-10H2,1-4H3,(H,23,24)/t17?,19-/m1/s1. The maximum absolute atomic E-state index is 11.8. The number of ether oxygens (including phenoxy) is 1. The molecule has 0 bridgehead atoms. The molecule has 0 fully saturated rings. The van der Waals surface area contributed by atoms with Gasteiger partial charge in [0.1, 0.15) is 11.4 Å². The average Bonchev–Trinajstić information content (AvgIpc) is 2.53. The highest BCUT2D eigenvalue weighted by atomic mass is 16.5. The van der Waals surface area contributed by atoms with Gasteiger partial charge < -0.3 is 9.84 Å². The van der Waals surface area contributed by atoms with Gasteiger partial charge in [0.2, 0.25) is 0 Å². The van der Waals surface area contributed by atoms with Crippen molar-refractivity contribution >= 4 is 5.97 Å². The summed E-state index contributed by atoms with van der Waals surface area (Å²) in [7, 11) is 0. The van der Waals surface area contributed by atoms with Gasteiger partial charge in [-0.1, -0.05) is 31.4 Å². The smallest absolute Gasteiger partial charge is 0.335 e. The third kappa shape index (κ3) is 3.47. The van der Waals surface area contributed by atoms with E-state index in [0.29, 0.717) is 11.5 Å². The zero-order valence-electron chi connectivity index (χ0n) is 15.9. The van der Waals surface area contributed by atoms with Gasteiger partial charge in [-0.3, -0.25) is 0 Å². The molecule has 136 valence electrons. The van der Waals surface area contributed by atoms with Crippen molar-refractivity contribution in [2.75, 3.05) is 0 Å². The van der Waals surface area contributed by atoms with Crippen LogP contribution in [0.25, 0.3) is 0 Å². The highest BCUT2D eigenvalue weighted by molar-refractivity contribution is 5.90. The first-order chi connectivity index (χ1) is 11.8. The Morgan fingerprint density at radius 2 is 2.08 bits per heavy atom. The van der Waals surface area contributed by atoms with Crippen molar-refractivity contribution in [2.24, 2.45) is 5.92 Å². The molecule has 1 aromatic rings. The lowest BCUT2D eigenvalue weighted by atomic mass is 9.68. The number of rotatable bonds is 5. The first-order valence-corrected chi connectivity index (χ1v) is 9.60. The Morgan fingerprint density at radius 1 is 1.32 bits per heavy atom. The van der Waals surface area contributed by atoms with Gasteiger partial charge in [-0.15, -0.1) is 0 Å². The monoisotopic (exact) mass is 342 g/mol. The van der Waals surface area contributed by atoms with Crippen molar-refractivity contribution in [3.63, 3.8) is 0 Å². The van der Waals surface area contributed by atoms with E-state index < -0.39 is 5.97 Å². The van der Waals surface area contributed by atoms with Gasteiger partial charge >= 0.3 is 5.97 Å². The van der Waals surface area contributed by atoms with Crippen LogP contribution in [0.15, 0.2) is 23.8 Å². The fraction of sp³-hybridized carbons (Fsp3) is 0.591. The Kier molecular flexibility index (Phi) is 4.95. The zero-order chi connectivity index (χ0) is 18.2. The summed E-state index contributed by atoms with van der Waals surface area (Å²) in [6.45, 7) is 8.68. The largest absolute Gasteiger partial charge is 0.487 e. The van der Waals surface area contributed by atoms with Crippen molar-refractivity contribution in [1.82, 2.24) is 0 Å². The third-order valence-corrected chi connectivity index (χ3v) is 5.89. The molecule has 0 radical (unpaired) electrons. The summed E-state index contributed by atoms with van der Waals surface area (Å²) < 4.78 is 6.38. The highest BCUT2D eigenvalue weighted by Crippen LogP contribution is 2.51. The predicted octanol–water partition coefficient (Wildman–Crippen LogP) is 5.73. The van der Waals surface area contributed by atoms with Crippen LogP contribution >= 0.6 is 0 Å². The number of unbranched alkanes of at least 4 members (excludes halogenated alkanes) is 2. The molecule has 3 heteroatoms. The van der Waals surface area contributed by atoms with Gasteiger partial charge in [-0.05, 0) is 64.2 Å². The first kappa shape index (κ1) is 18.0. The summed E-state index contributed by atoms with van der Waals surface area (Å²) in [5.74, 6) is 0.715. The van der Waals surface area contributed by atoms with Gasteiger partial charge in [-0.25, -0.2) is 4.79 Å². The van der Waals surface area contributed by atoms with E-state index in [1.165, 1.54) is 5.57 Å². The number of carbonyl (C=O) groups is 1. The van der Waals surface area contributed by atoms with E-state index in [9.17, 15) is 9.90 Å². The van der Waals surface area contributed by atoms with E-state index in [2.05, 4.69) is 33.8 Å².